The third-order valence-corrected chi connectivity index (χ3v) is 7.30. The summed E-state index contributed by atoms with van der Waals surface area (Å²) >= 11 is 6.16. The molecule has 0 saturated heterocycles. The van der Waals surface area contributed by atoms with Gasteiger partial charge in [0.15, 0.2) is 0 Å². The van der Waals surface area contributed by atoms with Crippen molar-refractivity contribution in [2.45, 2.75) is 50.5 Å². The van der Waals surface area contributed by atoms with Crippen LogP contribution in [-0.4, -0.2) is 11.5 Å². The molecule has 1 aromatic rings. The van der Waals surface area contributed by atoms with E-state index in [9.17, 15) is 0 Å². The molecular formula is C14H24S3. The van der Waals surface area contributed by atoms with E-state index < -0.39 is 0 Å². The smallest absolute Gasteiger partial charge is 0.0923 e. The van der Waals surface area contributed by atoms with E-state index >= 15 is 0 Å². The minimum absolute atomic E-state index is 0.276. The average Bonchev–Trinajstić information content (AvgIpc) is 2.84. The van der Waals surface area contributed by atoms with Gasteiger partial charge in [-0.3, -0.25) is 0 Å². The highest BCUT2D eigenvalue weighted by Gasteiger charge is 2.28. The molecule has 0 amide bonds. The van der Waals surface area contributed by atoms with E-state index in [1.807, 2.05) is 11.3 Å². The third-order valence-electron chi connectivity index (χ3n) is 2.72. The number of unbranched alkanes of at least 4 members (excludes halogenated alkanes) is 2. The van der Waals surface area contributed by atoms with Crippen LogP contribution >= 0.6 is 34.9 Å². The Bertz CT molecular complexity index is 270. The van der Waals surface area contributed by atoms with E-state index in [2.05, 4.69) is 61.8 Å². The second-order valence-corrected chi connectivity index (χ2v) is 8.56. The number of rotatable bonds is 9. The van der Waals surface area contributed by atoms with E-state index in [-0.39, 0.29) is 4.08 Å². The second kappa shape index (κ2) is 8.49. The normalized spacial score (nSPS) is 11.9. The number of hydrogen-bond acceptors (Lipinski definition) is 3. The van der Waals surface area contributed by atoms with E-state index in [0.717, 1.165) is 0 Å². The number of thioether (sulfide) groups is 2. The molecular weight excluding hydrogens is 264 g/mol. The van der Waals surface area contributed by atoms with Crippen molar-refractivity contribution >= 4 is 34.9 Å². The van der Waals surface area contributed by atoms with Crippen LogP contribution in [0.2, 0.25) is 0 Å². The minimum Gasteiger partial charge on any atom is -0.147 e. The lowest BCUT2D eigenvalue weighted by atomic mass is 10.4. The van der Waals surface area contributed by atoms with E-state index in [0.29, 0.717) is 0 Å². The molecule has 3 heteroatoms. The first-order valence-electron chi connectivity index (χ1n) is 6.54. The van der Waals surface area contributed by atoms with Crippen LogP contribution in [0.5, 0.6) is 0 Å². The van der Waals surface area contributed by atoms with E-state index in [1.54, 1.807) is 0 Å². The van der Waals surface area contributed by atoms with Gasteiger partial charge in [-0.1, -0.05) is 32.8 Å². The molecule has 0 aromatic carbocycles. The lowest BCUT2D eigenvalue weighted by Gasteiger charge is -2.27. The summed E-state index contributed by atoms with van der Waals surface area (Å²) in [7, 11) is 0. The molecule has 0 aliphatic rings. The molecule has 0 N–H and O–H groups in total. The molecule has 1 rings (SSSR count). The molecule has 0 radical (unpaired) electrons. The maximum atomic E-state index is 2.40. The van der Waals surface area contributed by atoms with Crippen molar-refractivity contribution in [2.24, 2.45) is 0 Å². The van der Waals surface area contributed by atoms with Gasteiger partial charge in [0.2, 0.25) is 0 Å². The second-order valence-electron chi connectivity index (χ2n) is 4.33. The van der Waals surface area contributed by atoms with Crippen LogP contribution in [0, 0.1) is 0 Å². The molecule has 0 aliphatic heterocycles. The molecule has 0 saturated carbocycles. The van der Waals surface area contributed by atoms with Crippen molar-refractivity contribution in [1.29, 1.82) is 0 Å². The Morgan fingerprint density at radius 3 is 2.12 bits per heavy atom. The Morgan fingerprint density at radius 1 is 1.12 bits per heavy atom. The standard InChI is InChI=1S/C14H24S3/c1-4-6-11-16-14(3,17-12-7-5-2)13-9-8-10-15-13/h8-10H,4-7,11-12H2,1-3H3. The number of hydrogen-bond donors (Lipinski definition) is 0. The highest BCUT2D eigenvalue weighted by Crippen LogP contribution is 2.48. The maximum Gasteiger partial charge on any atom is 0.0923 e. The van der Waals surface area contributed by atoms with Crippen LogP contribution in [-0.2, 0) is 4.08 Å². The summed E-state index contributed by atoms with van der Waals surface area (Å²) < 4.78 is 0.276. The van der Waals surface area contributed by atoms with Gasteiger partial charge in [-0.05, 0) is 42.7 Å². The Balaban J connectivity index is 2.56. The van der Waals surface area contributed by atoms with Crippen molar-refractivity contribution in [2.75, 3.05) is 11.5 Å². The molecule has 0 atom stereocenters. The van der Waals surface area contributed by atoms with E-state index in [4.69, 9.17) is 0 Å². The summed E-state index contributed by atoms with van der Waals surface area (Å²) in [4.78, 5) is 1.53. The topological polar surface area (TPSA) is 0 Å². The fourth-order valence-electron chi connectivity index (χ4n) is 1.54. The van der Waals surface area contributed by atoms with Gasteiger partial charge in [-0.25, -0.2) is 0 Å². The van der Waals surface area contributed by atoms with Crippen LogP contribution in [0.15, 0.2) is 17.5 Å². The maximum absolute atomic E-state index is 2.40. The van der Waals surface area contributed by atoms with E-state index in [1.165, 1.54) is 42.1 Å². The summed E-state index contributed by atoms with van der Waals surface area (Å²) in [5, 5.41) is 2.20. The lowest BCUT2D eigenvalue weighted by Crippen LogP contribution is -2.12. The zero-order valence-corrected chi connectivity index (χ0v) is 13.6. The molecule has 0 bridgehead atoms. The van der Waals surface area contributed by atoms with Gasteiger partial charge < -0.3 is 0 Å². The highest BCUT2D eigenvalue weighted by atomic mass is 32.2. The van der Waals surface area contributed by atoms with Gasteiger partial charge in [0.05, 0.1) is 4.08 Å². The zero-order valence-electron chi connectivity index (χ0n) is 11.2. The lowest BCUT2D eigenvalue weighted by molar-refractivity contribution is 0.881. The van der Waals surface area contributed by atoms with Gasteiger partial charge in [0.25, 0.3) is 0 Å². The largest absolute Gasteiger partial charge is 0.147 e. The Hall–Kier alpha value is 0.400. The Kier molecular flexibility index (Phi) is 7.72. The molecule has 1 aromatic heterocycles. The zero-order chi connectivity index (χ0) is 12.6. The summed E-state index contributed by atoms with van der Waals surface area (Å²) in [6, 6.07) is 4.47. The van der Waals surface area contributed by atoms with Crippen molar-refractivity contribution in [3.05, 3.63) is 22.4 Å². The molecule has 0 fully saturated rings. The summed E-state index contributed by atoms with van der Waals surface area (Å²) in [5.41, 5.74) is 0. The summed E-state index contributed by atoms with van der Waals surface area (Å²) in [5.74, 6) is 2.56. The predicted octanol–water partition coefficient (Wildman–Crippen LogP) is 5.99. The van der Waals surface area contributed by atoms with Crippen molar-refractivity contribution < 1.29 is 0 Å². The highest BCUT2D eigenvalue weighted by molar-refractivity contribution is 8.17. The monoisotopic (exact) mass is 288 g/mol. The van der Waals surface area contributed by atoms with Crippen LogP contribution in [0.25, 0.3) is 0 Å². The van der Waals surface area contributed by atoms with Crippen LogP contribution in [0.3, 0.4) is 0 Å². The van der Waals surface area contributed by atoms with Crippen molar-refractivity contribution in [3.8, 4) is 0 Å². The van der Waals surface area contributed by atoms with Gasteiger partial charge in [0.1, 0.15) is 0 Å². The van der Waals surface area contributed by atoms with Crippen LogP contribution in [0.4, 0.5) is 0 Å². The molecule has 1 heterocycles. The molecule has 0 spiro atoms. The first-order chi connectivity index (χ1) is 8.23. The summed E-state index contributed by atoms with van der Waals surface area (Å²) in [6.45, 7) is 6.94. The van der Waals surface area contributed by atoms with Gasteiger partial charge in [-0.15, -0.1) is 34.9 Å². The number of thiophene rings is 1. The molecule has 0 aliphatic carbocycles. The van der Waals surface area contributed by atoms with Gasteiger partial charge >= 0.3 is 0 Å². The minimum atomic E-state index is 0.276. The first kappa shape index (κ1) is 15.5. The average molecular weight is 289 g/mol. The fourth-order valence-corrected chi connectivity index (χ4v) is 5.76. The first-order valence-corrected chi connectivity index (χ1v) is 9.40. The molecule has 0 unspecified atom stereocenters. The SMILES string of the molecule is CCCCSC(C)(SCCCC)c1cccs1. The predicted molar refractivity (Wildman–Crippen MR) is 86.4 cm³/mol. The van der Waals surface area contributed by atoms with Gasteiger partial charge in [-0.2, -0.15) is 0 Å². The van der Waals surface area contributed by atoms with Gasteiger partial charge in [0, 0.05) is 4.88 Å². The molecule has 0 nitrogen and oxygen atoms in total. The quantitative estimate of drug-likeness (QED) is 0.404. The fraction of sp³-hybridized carbons (Fsp3) is 0.714. The van der Waals surface area contributed by atoms with Crippen LogP contribution in [0.1, 0.15) is 51.3 Å². The Morgan fingerprint density at radius 2 is 1.71 bits per heavy atom. The van der Waals surface area contributed by atoms with Crippen LogP contribution < -0.4 is 0 Å². The van der Waals surface area contributed by atoms with Crippen molar-refractivity contribution in [1.82, 2.24) is 0 Å². The Labute approximate surface area is 119 Å². The van der Waals surface area contributed by atoms with Crippen molar-refractivity contribution in [3.63, 3.8) is 0 Å². The third kappa shape index (κ3) is 5.27. The summed E-state index contributed by atoms with van der Waals surface area (Å²) in [6.07, 6.45) is 5.26. The molecule has 98 valence electrons. The molecule has 17 heavy (non-hydrogen) atoms.